The molecule has 32 heavy (non-hydrogen) atoms. The van der Waals surface area contributed by atoms with Gasteiger partial charge in [-0.25, -0.2) is 4.98 Å². The number of benzene rings is 2. The maximum atomic E-state index is 13.0. The van der Waals surface area contributed by atoms with E-state index in [1.165, 1.54) is 0 Å². The van der Waals surface area contributed by atoms with Crippen LogP contribution in [0.25, 0.3) is 11.0 Å². The number of thioether (sulfide) groups is 1. The van der Waals surface area contributed by atoms with Crippen LogP contribution in [0.4, 0.5) is 0 Å². The van der Waals surface area contributed by atoms with E-state index in [-0.39, 0.29) is 23.2 Å². The zero-order chi connectivity index (χ0) is 22.5. The van der Waals surface area contributed by atoms with Crippen LogP contribution in [0.5, 0.6) is 5.75 Å². The second kappa shape index (κ2) is 10.2. The second-order valence-corrected chi connectivity index (χ2v) is 9.64. The second-order valence-electron chi connectivity index (χ2n) is 8.35. The summed E-state index contributed by atoms with van der Waals surface area (Å²) >= 11 is 1.72. The third-order valence-corrected chi connectivity index (χ3v) is 6.54. The SMILES string of the molecule is C=CCOc1ccccc1CN1C[C@@H](Sc2nc3ccccc3[nH]2)C[C@H]1C(=O)NC(C)C. The van der Waals surface area contributed by atoms with E-state index in [0.29, 0.717) is 13.2 Å². The molecule has 1 aliphatic rings. The Balaban J connectivity index is 1.52. The van der Waals surface area contributed by atoms with Crippen LogP contribution in [0.1, 0.15) is 25.8 Å². The van der Waals surface area contributed by atoms with Crippen molar-refractivity contribution in [3.8, 4) is 5.75 Å². The summed E-state index contributed by atoms with van der Waals surface area (Å²) in [5.41, 5.74) is 3.07. The molecule has 7 heteroatoms. The van der Waals surface area contributed by atoms with Gasteiger partial charge in [-0.2, -0.15) is 0 Å². The number of nitrogens with one attached hydrogen (secondary N) is 2. The van der Waals surface area contributed by atoms with Crippen LogP contribution < -0.4 is 10.1 Å². The van der Waals surface area contributed by atoms with Crippen molar-refractivity contribution >= 4 is 28.7 Å². The Morgan fingerprint density at radius 3 is 2.88 bits per heavy atom. The number of ether oxygens (including phenoxy) is 1. The minimum Gasteiger partial charge on any atom is -0.489 e. The molecular weight excluding hydrogens is 420 g/mol. The van der Waals surface area contributed by atoms with Crippen molar-refractivity contribution in [2.24, 2.45) is 0 Å². The molecule has 1 amide bonds. The van der Waals surface area contributed by atoms with E-state index in [2.05, 4.69) is 27.8 Å². The van der Waals surface area contributed by atoms with Crippen molar-refractivity contribution in [1.82, 2.24) is 20.2 Å². The van der Waals surface area contributed by atoms with E-state index < -0.39 is 0 Å². The predicted molar refractivity (Wildman–Crippen MR) is 130 cm³/mol. The van der Waals surface area contributed by atoms with Crippen molar-refractivity contribution in [1.29, 1.82) is 0 Å². The number of fused-ring (bicyclic) bond motifs is 1. The maximum Gasteiger partial charge on any atom is 0.237 e. The number of hydrogen-bond acceptors (Lipinski definition) is 5. The van der Waals surface area contributed by atoms with Gasteiger partial charge in [0, 0.05) is 29.9 Å². The third-order valence-electron chi connectivity index (χ3n) is 5.45. The average molecular weight is 451 g/mol. The van der Waals surface area contributed by atoms with E-state index >= 15 is 0 Å². The zero-order valence-electron chi connectivity index (χ0n) is 18.6. The smallest absolute Gasteiger partial charge is 0.237 e. The summed E-state index contributed by atoms with van der Waals surface area (Å²) in [7, 11) is 0. The van der Waals surface area contributed by atoms with Crippen molar-refractivity contribution < 1.29 is 9.53 Å². The molecule has 0 bridgehead atoms. The fourth-order valence-corrected chi connectivity index (χ4v) is 5.24. The van der Waals surface area contributed by atoms with Gasteiger partial charge < -0.3 is 15.0 Å². The van der Waals surface area contributed by atoms with Crippen LogP contribution in [0, 0.1) is 0 Å². The fourth-order valence-electron chi connectivity index (χ4n) is 4.06. The molecule has 0 saturated carbocycles. The van der Waals surface area contributed by atoms with E-state index in [4.69, 9.17) is 9.72 Å². The average Bonchev–Trinajstić information content (AvgIpc) is 3.36. The summed E-state index contributed by atoms with van der Waals surface area (Å²) in [5.74, 6) is 0.918. The Morgan fingerprint density at radius 1 is 1.31 bits per heavy atom. The number of amides is 1. The van der Waals surface area contributed by atoms with Crippen LogP contribution in [0.2, 0.25) is 0 Å². The molecule has 0 unspecified atom stereocenters. The van der Waals surface area contributed by atoms with E-state index in [9.17, 15) is 4.79 Å². The zero-order valence-corrected chi connectivity index (χ0v) is 19.4. The number of H-pyrrole nitrogens is 1. The molecule has 4 rings (SSSR count). The van der Waals surface area contributed by atoms with Crippen LogP contribution in [0.15, 0.2) is 66.3 Å². The fraction of sp³-hybridized carbons (Fsp3) is 0.360. The van der Waals surface area contributed by atoms with Crippen LogP contribution >= 0.6 is 11.8 Å². The quantitative estimate of drug-likeness (QED) is 0.473. The largest absolute Gasteiger partial charge is 0.489 e. The van der Waals surface area contributed by atoms with Gasteiger partial charge in [-0.3, -0.25) is 9.69 Å². The molecule has 1 fully saturated rings. The molecule has 1 aromatic heterocycles. The first-order valence-corrected chi connectivity index (χ1v) is 11.9. The summed E-state index contributed by atoms with van der Waals surface area (Å²) in [5, 5.41) is 4.26. The lowest BCUT2D eigenvalue weighted by Gasteiger charge is -2.25. The minimum atomic E-state index is -0.188. The Kier molecular flexibility index (Phi) is 7.17. The van der Waals surface area contributed by atoms with Gasteiger partial charge in [-0.1, -0.05) is 54.7 Å². The summed E-state index contributed by atoms with van der Waals surface area (Å²) in [4.78, 5) is 23.4. The van der Waals surface area contributed by atoms with Gasteiger partial charge in [-0.15, -0.1) is 0 Å². The molecule has 0 spiro atoms. The van der Waals surface area contributed by atoms with Crippen molar-refractivity contribution in [2.75, 3.05) is 13.2 Å². The van der Waals surface area contributed by atoms with Gasteiger partial charge in [0.25, 0.3) is 0 Å². The Bertz CT molecular complexity index is 1050. The monoisotopic (exact) mass is 450 g/mol. The van der Waals surface area contributed by atoms with Crippen molar-refractivity contribution in [3.05, 3.63) is 66.7 Å². The van der Waals surface area contributed by atoms with Crippen LogP contribution in [-0.2, 0) is 11.3 Å². The number of nitrogens with zero attached hydrogens (tertiary/aromatic N) is 2. The highest BCUT2D eigenvalue weighted by atomic mass is 32.2. The molecule has 2 aromatic carbocycles. The summed E-state index contributed by atoms with van der Waals surface area (Å²) < 4.78 is 5.85. The van der Waals surface area contributed by atoms with Crippen molar-refractivity contribution in [3.63, 3.8) is 0 Å². The third kappa shape index (κ3) is 5.34. The van der Waals surface area contributed by atoms with E-state index in [1.54, 1.807) is 17.8 Å². The number of aromatic amines is 1. The van der Waals surface area contributed by atoms with Crippen molar-refractivity contribution in [2.45, 2.75) is 49.3 Å². The lowest BCUT2D eigenvalue weighted by atomic mass is 10.1. The molecule has 1 aliphatic heterocycles. The van der Waals surface area contributed by atoms with Crippen LogP contribution in [0.3, 0.4) is 0 Å². The van der Waals surface area contributed by atoms with Crippen LogP contribution in [-0.4, -0.2) is 51.3 Å². The molecule has 168 valence electrons. The normalized spacial score (nSPS) is 18.8. The highest BCUT2D eigenvalue weighted by molar-refractivity contribution is 7.99. The highest BCUT2D eigenvalue weighted by Gasteiger charge is 2.38. The van der Waals surface area contributed by atoms with E-state index in [0.717, 1.165) is 40.5 Å². The molecule has 2 atom stereocenters. The first kappa shape index (κ1) is 22.4. The number of rotatable bonds is 9. The molecule has 2 N–H and O–H groups in total. The van der Waals surface area contributed by atoms with Gasteiger partial charge in [0.05, 0.1) is 17.1 Å². The maximum absolute atomic E-state index is 13.0. The minimum absolute atomic E-state index is 0.0807. The Morgan fingerprint density at radius 2 is 2.09 bits per heavy atom. The number of hydrogen-bond donors (Lipinski definition) is 2. The number of aromatic nitrogens is 2. The first-order valence-electron chi connectivity index (χ1n) is 11.0. The molecule has 1 saturated heterocycles. The highest BCUT2D eigenvalue weighted by Crippen LogP contribution is 2.34. The molecule has 0 aliphatic carbocycles. The standard InChI is InChI=1S/C25H30N4O2S/c1-4-13-31-23-12-8-5-9-18(23)15-29-16-19(14-22(29)24(30)26-17(2)3)32-25-27-20-10-6-7-11-21(20)28-25/h4-12,17,19,22H,1,13-16H2,2-3H3,(H,26,30)(H,27,28)/t19-,22-/m0/s1. The lowest BCUT2D eigenvalue weighted by molar-refractivity contribution is -0.126. The summed E-state index contributed by atoms with van der Waals surface area (Å²) in [6, 6.07) is 16.0. The molecular formula is C25H30N4O2S. The van der Waals surface area contributed by atoms with Gasteiger partial charge in [0.15, 0.2) is 5.16 Å². The molecule has 0 radical (unpaired) electrons. The molecule has 6 nitrogen and oxygen atoms in total. The predicted octanol–water partition coefficient (Wildman–Crippen LogP) is 4.39. The van der Waals surface area contributed by atoms with E-state index in [1.807, 2.05) is 56.3 Å². The Labute approximate surface area is 193 Å². The van der Waals surface area contributed by atoms with Gasteiger partial charge in [-0.05, 0) is 38.5 Å². The number of carbonyl (C=O) groups excluding carboxylic acids is 1. The first-order chi connectivity index (χ1) is 15.5. The molecule has 2 heterocycles. The summed E-state index contributed by atoms with van der Waals surface area (Å²) in [6.45, 7) is 9.64. The van der Waals surface area contributed by atoms with Gasteiger partial charge in [0.2, 0.25) is 5.91 Å². The molecule has 3 aromatic rings. The number of imidazole rings is 1. The number of likely N-dealkylation sites (tertiary alicyclic amines) is 1. The van der Waals surface area contributed by atoms with Gasteiger partial charge >= 0.3 is 0 Å². The topological polar surface area (TPSA) is 70.2 Å². The lowest BCUT2D eigenvalue weighted by Crippen LogP contribution is -2.45. The number of para-hydroxylation sites is 3. The summed E-state index contributed by atoms with van der Waals surface area (Å²) in [6.07, 6.45) is 2.52. The Hall–Kier alpha value is -2.77. The van der Waals surface area contributed by atoms with Gasteiger partial charge in [0.1, 0.15) is 12.4 Å². The number of carbonyl (C=O) groups is 1.